The van der Waals surface area contributed by atoms with Gasteiger partial charge in [0.05, 0.1) is 12.0 Å². The molecule has 1 heterocycles. The SMILES string of the molecule is O=C(O)CC1(CNC(=O)c2cccnc2F)CCCCC1. The summed E-state index contributed by atoms with van der Waals surface area (Å²) in [5.41, 5.74) is -0.530. The molecule has 0 bridgehead atoms. The lowest BCUT2D eigenvalue weighted by Crippen LogP contribution is -2.40. The molecule has 2 rings (SSSR count). The minimum absolute atomic E-state index is 0.0306. The maximum absolute atomic E-state index is 13.4. The lowest BCUT2D eigenvalue weighted by molar-refractivity contribution is -0.140. The van der Waals surface area contributed by atoms with Gasteiger partial charge in [0.2, 0.25) is 5.95 Å². The Kier molecular flexibility index (Phi) is 4.88. The second kappa shape index (κ2) is 6.65. The number of amides is 1. The van der Waals surface area contributed by atoms with Gasteiger partial charge in [0.1, 0.15) is 0 Å². The molecule has 5 nitrogen and oxygen atoms in total. The molecular weight excluding hydrogens is 275 g/mol. The third kappa shape index (κ3) is 4.00. The van der Waals surface area contributed by atoms with Crippen LogP contribution in [0.4, 0.5) is 4.39 Å². The zero-order valence-electron chi connectivity index (χ0n) is 11.8. The van der Waals surface area contributed by atoms with Gasteiger partial charge in [0, 0.05) is 12.7 Å². The molecule has 1 aliphatic rings. The standard InChI is InChI=1S/C15H19FN2O3/c16-13-11(5-4-8-17-13)14(21)18-10-15(9-12(19)20)6-2-1-3-7-15/h4-5,8H,1-3,6-7,9-10H2,(H,18,21)(H,19,20). The van der Waals surface area contributed by atoms with Gasteiger partial charge >= 0.3 is 5.97 Å². The fourth-order valence-electron chi connectivity index (χ4n) is 2.96. The van der Waals surface area contributed by atoms with Crippen LogP contribution in [0.15, 0.2) is 18.3 Å². The maximum Gasteiger partial charge on any atom is 0.303 e. The molecule has 1 saturated carbocycles. The summed E-state index contributed by atoms with van der Waals surface area (Å²) >= 11 is 0. The molecule has 1 aromatic heterocycles. The van der Waals surface area contributed by atoms with E-state index >= 15 is 0 Å². The Morgan fingerprint density at radius 3 is 2.67 bits per heavy atom. The number of carboxylic acid groups (broad SMARTS) is 1. The summed E-state index contributed by atoms with van der Waals surface area (Å²) in [5.74, 6) is -2.22. The van der Waals surface area contributed by atoms with Crippen molar-refractivity contribution in [3.63, 3.8) is 0 Å². The number of aliphatic carboxylic acids is 1. The second-order valence-corrected chi connectivity index (χ2v) is 5.66. The molecule has 0 saturated heterocycles. The summed E-state index contributed by atoms with van der Waals surface area (Å²) < 4.78 is 13.4. The summed E-state index contributed by atoms with van der Waals surface area (Å²) in [7, 11) is 0. The number of halogens is 1. The third-order valence-corrected chi connectivity index (χ3v) is 4.07. The summed E-state index contributed by atoms with van der Waals surface area (Å²) in [6, 6.07) is 2.86. The van der Waals surface area contributed by atoms with E-state index in [-0.39, 0.29) is 18.5 Å². The van der Waals surface area contributed by atoms with Crippen molar-refractivity contribution in [1.82, 2.24) is 10.3 Å². The van der Waals surface area contributed by atoms with Gasteiger partial charge in [0.25, 0.3) is 5.91 Å². The minimum atomic E-state index is -0.862. The number of pyridine rings is 1. The summed E-state index contributed by atoms with van der Waals surface area (Å²) in [4.78, 5) is 26.5. The average Bonchev–Trinajstić information content (AvgIpc) is 2.46. The van der Waals surface area contributed by atoms with E-state index < -0.39 is 23.2 Å². The van der Waals surface area contributed by atoms with Gasteiger partial charge in [-0.3, -0.25) is 9.59 Å². The number of hydrogen-bond acceptors (Lipinski definition) is 3. The molecule has 1 fully saturated rings. The highest BCUT2D eigenvalue weighted by atomic mass is 19.1. The molecule has 1 aliphatic carbocycles. The first kappa shape index (κ1) is 15.4. The van der Waals surface area contributed by atoms with Crippen LogP contribution in [0.25, 0.3) is 0 Å². The molecule has 0 atom stereocenters. The molecule has 0 spiro atoms. The fourth-order valence-corrected chi connectivity index (χ4v) is 2.96. The Labute approximate surface area is 122 Å². The van der Waals surface area contributed by atoms with E-state index in [4.69, 9.17) is 5.11 Å². The van der Waals surface area contributed by atoms with Gasteiger partial charge in [-0.2, -0.15) is 4.39 Å². The maximum atomic E-state index is 13.4. The van der Waals surface area contributed by atoms with Crippen LogP contribution in [0.5, 0.6) is 0 Å². The normalized spacial score (nSPS) is 17.2. The van der Waals surface area contributed by atoms with E-state index in [1.54, 1.807) is 0 Å². The first-order valence-corrected chi connectivity index (χ1v) is 7.13. The van der Waals surface area contributed by atoms with Gasteiger partial charge in [0.15, 0.2) is 0 Å². The molecule has 6 heteroatoms. The topological polar surface area (TPSA) is 79.3 Å². The van der Waals surface area contributed by atoms with Crippen molar-refractivity contribution in [2.45, 2.75) is 38.5 Å². The summed E-state index contributed by atoms with van der Waals surface area (Å²) in [5, 5.41) is 11.7. The first-order chi connectivity index (χ1) is 10.0. The van der Waals surface area contributed by atoms with Crippen LogP contribution < -0.4 is 5.32 Å². The Balaban J connectivity index is 2.03. The number of hydrogen-bond donors (Lipinski definition) is 2. The number of nitrogens with zero attached hydrogens (tertiary/aromatic N) is 1. The molecule has 1 amide bonds. The first-order valence-electron chi connectivity index (χ1n) is 7.13. The number of rotatable bonds is 5. The molecule has 114 valence electrons. The van der Waals surface area contributed by atoms with E-state index in [9.17, 15) is 14.0 Å². The highest BCUT2D eigenvalue weighted by Crippen LogP contribution is 2.38. The van der Waals surface area contributed by atoms with E-state index in [0.717, 1.165) is 32.1 Å². The molecule has 0 radical (unpaired) electrons. The lowest BCUT2D eigenvalue weighted by Gasteiger charge is -2.36. The van der Waals surface area contributed by atoms with Crippen LogP contribution in [0.3, 0.4) is 0 Å². The van der Waals surface area contributed by atoms with Gasteiger partial charge in [-0.05, 0) is 30.4 Å². The number of carboxylic acids is 1. The van der Waals surface area contributed by atoms with Crippen molar-refractivity contribution in [3.05, 3.63) is 29.8 Å². The average molecular weight is 294 g/mol. The highest BCUT2D eigenvalue weighted by Gasteiger charge is 2.34. The Morgan fingerprint density at radius 1 is 1.33 bits per heavy atom. The Hall–Kier alpha value is -1.98. The largest absolute Gasteiger partial charge is 0.481 e. The van der Waals surface area contributed by atoms with Gasteiger partial charge in [-0.15, -0.1) is 0 Å². The zero-order valence-corrected chi connectivity index (χ0v) is 11.8. The van der Waals surface area contributed by atoms with Crippen LogP contribution in [0.1, 0.15) is 48.9 Å². The quantitative estimate of drug-likeness (QED) is 0.817. The highest BCUT2D eigenvalue weighted by molar-refractivity contribution is 5.94. The molecule has 1 aromatic rings. The second-order valence-electron chi connectivity index (χ2n) is 5.66. The van der Waals surface area contributed by atoms with Gasteiger partial charge < -0.3 is 10.4 Å². The predicted octanol–water partition coefficient (Wildman–Crippen LogP) is 2.38. The van der Waals surface area contributed by atoms with Crippen molar-refractivity contribution in [3.8, 4) is 0 Å². The summed E-state index contributed by atoms with van der Waals surface area (Å²) in [6.07, 6.45) is 5.87. The smallest absolute Gasteiger partial charge is 0.303 e. The van der Waals surface area contributed by atoms with E-state index in [2.05, 4.69) is 10.3 Å². The fraction of sp³-hybridized carbons (Fsp3) is 0.533. The zero-order chi connectivity index (χ0) is 15.3. The van der Waals surface area contributed by atoms with E-state index in [1.807, 2.05) is 0 Å². The molecule has 0 aromatic carbocycles. The molecule has 2 N–H and O–H groups in total. The lowest BCUT2D eigenvalue weighted by atomic mass is 9.71. The number of carbonyl (C=O) groups excluding carboxylic acids is 1. The molecule has 0 unspecified atom stereocenters. The van der Waals surface area contributed by atoms with Crippen molar-refractivity contribution in [2.75, 3.05) is 6.54 Å². The predicted molar refractivity (Wildman–Crippen MR) is 74.3 cm³/mol. The van der Waals surface area contributed by atoms with Crippen molar-refractivity contribution < 1.29 is 19.1 Å². The molecule has 0 aliphatic heterocycles. The number of aromatic nitrogens is 1. The van der Waals surface area contributed by atoms with E-state index in [1.165, 1.54) is 18.3 Å². The van der Waals surface area contributed by atoms with Crippen LogP contribution in [0, 0.1) is 11.4 Å². The molecule has 21 heavy (non-hydrogen) atoms. The monoisotopic (exact) mass is 294 g/mol. The van der Waals surface area contributed by atoms with Crippen LogP contribution in [-0.4, -0.2) is 28.5 Å². The van der Waals surface area contributed by atoms with Gasteiger partial charge in [-0.25, -0.2) is 4.98 Å². The van der Waals surface area contributed by atoms with Crippen molar-refractivity contribution in [2.24, 2.45) is 5.41 Å². The van der Waals surface area contributed by atoms with Gasteiger partial charge in [-0.1, -0.05) is 19.3 Å². The van der Waals surface area contributed by atoms with Crippen LogP contribution in [0.2, 0.25) is 0 Å². The van der Waals surface area contributed by atoms with E-state index in [0.29, 0.717) is 0 Å². The minimum Gasteiger partial charge on any atom is -0.481 e. The molecular formula is C15H19FN2O3. The van der Waals surface area contributed by atoms with Crippen LogP contribution in [-0.2, 0) is 4.79 Å². The summed E-state index contributed by atoms with van der Waals surface area (Å²) in [6.45, 7) is 0.256. The Bertz CT molecular complexity index is 527. The third-order valence-electron chi connectivity index (χ3n) is 4.07. The van der Waals surface area contributed by atoms with Crippen LogP contribution >= 0.6 is 0 Å². The number of nitrogens with one attached hydrogen (secondary N) is 1. The Morgan fingerprint density at radius 2 is 2.05 bits per heavy atom. The van der Waals surface area contributed by atoms with Crippen molar-refractivity contribution in [1.29, 1.82) is 0 Å². The van der Waals surface area contributed by atoms with Crippen molar-refractivity contribution >= 4 is 11.9 Å². The number of carbonyl (C=O) groups is 2.